The zero-order chi connectivity index (χ0) is 19.6. The van der Waals surface area contributed by atoms with Gasteiger partial charge in [0.05, 0.1) is 16.2 Å². The molecule has 0 aliphatic heterocycles. The molecule has 0 bridgehead atoms. The second-order valence-electron chi connectivity index (χ2n) is 6.25. The van der Waals surface area contributed by atoms with Crippen LogP contribution in [-0.2, 0) is 6.54 Å². The molecule has 4 nitrogen and oxygen atoms in total. The Bertz CT molecular complexity index is 1070. The summed E-state index contributed by atoms with van der Waals surface area (Å²) in [5, 5.41) is 1.03. The van der Waals surface area contributed by atoms with Crippen LogP contribution < -0.4 is 5.56 Å². The number of thioether (sulfide) groups is 1. The van der Waals surface area contributed by atoms with Crippen molar-refractivity contribution < 1.29 is 4.79 Å². The van der Waals surface area contributed by atoms with E-state index in [4.69, 9.17) is 11.6 Å². The van der Waals surface area contributed by atoms with Gasteiger partial charge >= 0.3 is 0 Å². The summed E-state index contributed by atoms with van der Waals surface area (Å²) >= 11 is 7.29. The number of halogens is 1. The molecule has 0 aliphatic rings. The largest absolute Gasteiger partial charge is 0.293 e. The molecule has 0 fully saturated rings. The van der Waals surface area contributed by atoms with Crippen LogP contribution in [-0.4, -0.2) is 20.6 Å². The maximum absolute atomic E-state index is 12.9. The van der Waals surface area contributed by atoms with Gasteiger partial charge in [0.1, 0.15) is 0 Å². The Kier molecular flexibility index (Phi) is 5.82. The van der Waals surface area contributed by atoms with Gasteiger partial charge in [-0.15, -0.1) is 6.58 Å². The zero-order valence-electron chi connectivity index (χ0n) is 15.1. The Morgan fingerprint density at radius 3 is 2.67 bits per heavy atom. The highest BCUT2D eigenvalue weighted by atomic mass is 35.5. The van der Waals surface area contributed by atoms with Crippen LogP contribution in [0.15, 0.2) is 65.1 Å². The maximum Gasteiger partial charge on any atom is 0.262 e. The fourth-order valence-electron chi connectivity index (χ4n) is 2.72. The molecule has 6 heteroatoms. The van der Waals surface area contributed by atoms with E-state index in [0.29, 0.717) is 33.2 Å². The molecule has 0 spiro atoms. The first-order chi connectivity index (χ1) is 12.9. The van der Waals surface area contributed by atoms with Crippen molar-refractivity contribution in [1.29, 1.82) is 0 Å². The van der Waals surface area contributed by atoms with Crippen molar-refractivity contribution in [2.24, 2.45) is 0 Å². The minimum Gasteiger partial charge on any atom is -0.293 e. The number of ketones is 1. The van der Waals surface area contributed by atoms with E-state index >= 15 is 0 Å². The molecular formula is C21H19ClN2O2S. The fraction of sp³-hybridized carbons (Fsp3) is 0.190. The Morgan fingerprint density at radius 1 is 1.30 bits per heavy atom. The van der Waals surface area contributed by atoms with E-state index in [-0.39, 0.29) is 16.6 Å². The van der Waals surface area contributed by atoms with Crippen molar-refractivity contribution in [3.05, 3.63) is 81.6 Å². The number of carbonyl (C=O) groups is 1. The second-order valence-corrected chi connectivity index (χ2v) is 8.00. The summed E-state index contributed by atoms with van der Waals surface area (Å²) in [6, 6.07) is 12.5. The number of hydrogen-bond donors (Lipinski definition) is 0. The Morgan fingerprint density at radius 2 is 2.00 bits per heavy atom. The Labute approximate surface area is 166 Å². The maximum atomic E-state index is 12.9. The summed E-state index contributed by atoms with van der Waals surface area (Å²) in [6.07, 6.45) is 1.63. The number of rotatable bonds is 6. The molecule has 2 aromatic carbocycles. The summed E-state index contributed by atoms with van der Waals surface area (Å²) in [5.41, 5.74) is 2.11. The second kappa shape index (κ2) is 8.11. The monoisotopic (exact) mass is 398 g/mol. The van der Waals surface area contributed by atoms with E-state index in [1.165, 1.54) is 16.3 Å². The third-order valence-electron chi connectivity index (χ3n) is 4.18. The van der Waals surface area contributed by atoms with Crippen LogP contribution in [0.3, 0.4) is 0 Å². The number of allylic oxidation sites excluding steroid dienone is 1. The van der Waals surface area contributed by atoms with Gasteiger partial charge in [-0.25, -0.2) is 4.98 Å². The molecule has 0 saturated carbocycles. The molecule has 0 unspecified atom stereocenters. The lowest BCUT2D eigenvalue weighted by Gasteiger charge is -2.15. The lowest BCUT2D eigenvalue weighted by Crippen LogP contribution is -2.24. The molecule has 138 valence electrons. The van der Waals surface area contributed by atoms with E-state index in [2.05, 4.69) is 11.6 Å². The van der Waals surface area contributed by atoms with Gasteiger partial charge in [0, 0.05) is 17.1 Å². The highest BCUT2D eigenvalue weighted by Gasteiger charge is 2.20. The number of Topliss-reactive ketones (excluding diaryl/α,β-unsaturated/α-hetero) is 1. The average Bonchev–Trinajstić information content (AvgIpc) is 2.65. The minimum atomic E-state index is -0.388. The van der Waals surface area contributed by atoms with Gasteiger partial charge < -0.3 is 0 Å². The molecule has 1 heterocycles. The first kappa shape index (κ1) is 19.4. The molecular weight excluding hydrogens is 380 g/mol. The van der Waals surface area contributed by atoms with Gasteiger partial charge in [0.2, 0.25) is 0 Å². The van der Waals surface area contributed by atoms with Crippen LogP contribution in [0.4, 0.5) is 0 Å². The quantitative estimate of drug-likeness (QED) is 0.256. The standard InChI is InChI=1S/C21H19ClN2O2S/c1-4-11-24-20(26)17-12-16(22)9-10-18(17)23-21(24)27-14(3)19(25)15-7-5-13(2)6-8-15/h4-10,12,14H,1,11H2,2-3H3/t14-/m0/s1. The normalized spacial score (nSPS) is 12.1. The predicted octanol–water partition coefficient (Wildman–Crippen LogP) is 4.91. The molecule has 0 N–H and O–H groups in total. The van der Waals surface area contributed by atoms with Gasteiger partial charge in [-0.2, -0.15) is 0 Å². The number of aromatic nitrogens is 2. The van der Waals surface area contributed by atoms with Crippen LogP contribution >= 0.6 is 23.4 Å². The van der Waals surface area contributed by atoms with Gasteiger partial charge in [-0.3, -0.25) is 14.2 Å². The van der Waals surface area contributed by atoms with Crippen molar-refractivity contribution in [3.8, 4) is 0 Å². The molecule has 0 aliphatic carbocycles. The highest BCUT2D eigenvalue weighted by molar-refractivity contribution is 8.00. The van der Waals surface area contributed by atoms with E-state index in [0.717, 1.165) is 5.56 Å². The van der Waals surface area contributed by atoms with Crippen molar-refractivity contribution in [3.63, 3.8) is 0 Å². The summed E-state index contributed by atoms with van der Waals surface area (Å²) in [5.74, 6) is -0.00407. The van der Waals surface area contributed by atoms with E-state index in [9.17, 15) is 9.59 Å². The van der Waals surface area contributed by atoms with Gasteiger partial charge in [-0.05, 0) is 32.0 Å². The van der Waals surface area contributed by atoms with E-state index < -0.39 is 0 Å². The minimum absolute atomic E-state index is 0.00407. The summed E-state index contributed by atoms with van der Waals surface area (Å²) in [7, 11) is 0. The highest BCUT2D eigenvalue weighted by Crippen LogP contribution is 2.26. The van der Waals surface area contributed by atoms with Crippen molar-refractivity contribution in [2.45, 2.75) is 30.8 Å². The first-order valence-electron chi connectivity index (χ1n) is 8.49. The van der Waals surface area contributed by atoms with E-state index in [1.807, 2.05) is 38.1 Å². The number of fused-ring (bicyclic) bond motifs is 1. The molecule has 1 aromatic heterocycles. The van der Waals surface area contributed by atoms with Crippen molar-refractivity contribution in [2.75, 3.05) is 0 Å². The lowest BCUT2D eigenvalue weighted by atomic mass is 10.1. The zero-order valence-corrected chi connectivity index (χ0v) is 16.7. The molecule has 0 amide bonds. The van der Waals surface area contributed by atoms with Crippen LogP contribution in [0.1, 0.15) is 22.8 Å². The summed E-state index contributed by atoms with van der Waals surface area (Å²) in [6.45, 7) is 7.82. The smallest absolute Gasteiger partial charge is 0.262 e. The molecule has 27 heavy (non-hydrogen) atoms. The predicted molar refractivity (Wildman–Crippen MR) is 112 cm³/mol. The first-order valence-corrected chi connectivity index (χ1v) is 9.75. The third-order valence-corrected chi connectivity index (χ3v) is 5.51. The Balaban J connectivity index is 1.99. The molecule has 0 saturated heterocycles. The number of aryl methyl sites for hydroxylation is 1. The fourth-order valence-corrected chi connectivity index (χ4v) is 3.88. The molecule has 3 rings (SSSR count). The van der Waals surface area contributed by atoms with Crippen LogP contribution in [0, 0.1) is 6.92 Å². The van der Waals surface area contributed by atoms with Crippen molar-refractivity contribution in [1.82, 2.24) is 9.55 Å². The van der Waals surface area contributed by atoms with Gasteiger partial charge in [0.25, 0.3) is 5.56 Å². The van der Waals surface area contributed by atoms with Gasteiger partial charge in [-0.1, -0.05) is 59.3 Å². The molecule has 3 aromatic rings. The number of hydrogen-bond acceptors (Lipinski definition) is 4. The third kappa shape index (κ3) is 4.15. The number of benzene rings is 2. The lowest BCUT2D eigenvalue weighted by molar-refractivity contribution is 0.0994. The summed E-state index contributed by atoms with van der Waals surface area (Å²) < 4.78 is 1.52. The van der Waals surface area contributed by atoms with E-state index in [1.54, 1.807) is 24.3 Å². The van der Waals surface area contributed by atoms with Crippen LogP contribution in [0.2, 0.25) is 5.02 Å². The topological polar surface area (TPSA) is 52.0 Å². The Hall–Kier alpha value is -2.37. The van der Waals surface area contributed by atoms with Gasteiger partial charge in [0.15, 0.2) is 10.9 Å². The summed E-state index contributed by atoms with van der Waals surface area (Å²) in [4.78, 5) is 30.2. The number of nitrogens with zero attached hydrogens (tertiary/aromatic N) is 2. The van der Waals surface area contributed by atoms with Crippen LogP contribution in [0.25, 0.3) is 10.9 Å². The average molecular weight is 399 g/mol. The molecule has 1 atom stereocenters. The number of carbonyl (C=O) groups excluding carboxylic acids is 1. The van der Waals surface area contributed by atoms with Crippen LogP contribution in [0.5, 0.6) is 0 Å². The van der Waals surface area contributed by atoms with Crippen molar-refractivity contribution >= 4 is 40.0 Å². The SMILES string of the molecule is C=CCn1c(S[C@@H](C)C(=O)c2ccc(C)cc2)nc2ccc(Cl)cc2c1=O. The molecule has 0 radical (unpaired) electrons.